The molecule has 0 saturated heterocycles. The number of anilines is 1. The third-order valence-electron chi connectivity index (χ3n) is 3.91. The van der Waals surface area contributed by atoms with Crippen molar-refractivity contribution in [3.05, 3.63) is 53.7 Å². The Morgan fingerprint density at radius 2 is 2.08 bits per heavy atom. The highest BCUT2D eigenvalue weighted by Gasteiger charge is 2.13. The Kier molecular flexibility index (Phi) is 4.07. The number of aromatic nitrogens is 3. The van der Waals surface area contributed by atoms with Crippen LogP contribution in [-0.4, -0.2) is 34.2 Å². The molecule has 2 aromatic carbocycles. The molecular formula is C18H17N5OS. The van der Waals surface area contributed by atoms with Gasteiger partial charge in [-0.3, -0.25) is 9.89 Å². The average Bonchev–Trinajstić information content (AvgIpc) is 3.21. The summed E-state index contributed by atoms with van der Waals surface area (Å²) in [5, 5.41) is 14.9. The van der Waals surface area contributed by atoms with Gasteiger partial charge in [-0.05, 0) is 31.2 Å². The van der Waals surface area contributed by atoms with Gasteiger partial charge in [0.25, 0.3) is 5.91 Å². The molecule has 0 fully saturated rings. The summed E-state index contributed by atoms with van der Waals surface area (Å²) in [5.41, 5.74) is 3.37. The summed E-state index contributed by atoms with van der Waals surface area (Å²) in [6.45, 7) is 3.10. The second-order valence-electron chi connectivity index (χ2n) is 5.79. The molecule has 0 spiro atoms. The number of thiazole rings is 1. The van der Waals surface area contributed by atoms with Crippen LogP contribution in [0.4, 0.5) is 5.13 Å². The number of aromatic amines is 1. The van der Waals surface area contributed by atoms with Gasteiger partial charge in [-0.15, -0.1) is 0 Å². The van der Waals surface area contributed by atoms with Crippen LogP contribution in [0.5, 0.6) is 0 Å². The molecule has 3 N–H and O–H groups in total. The lowest BCUT2D eigenvalue weighted by Gasteiger charge is -2.04. The van der Waals surface area contributed by atoms with E-state index >= 15 is 0 Å². The predicted octanol–water partition coefficient (Wildman–Crippen LogP) is 3.32. The van der Waals surface area contributed by atoms with Crippen LogP contribution in [0.15, 0.2) is 42.5 Å². The van der Waals surface area contributed by atoms with Crippen molar-refractivity contribution < 1.29 is 4.79 Å². The second-order valence-corrected chi connectivity index (χ2v) is 6.82. The number of benzene rings is 2. The van der Waals surface area contributed by atoms with Gasteiger partial charge in [-0.2, -0.15) is 5.10 Å². The van der Waals surface area contributed by atoms with Crippen LogP contribution in [0.3, 0.4) is 0 Å². The lowest BCUT2D eigenvalue weighted by Crippen LogP contribution is -2.29. The first-order chi connectivity index (χ1) is 12.2. The molecule has 0 aliphatic carbocycles. The Bertz CT molecular complexity index is 1020. The highest BCUT2D eigenvalue weighted by atomic mass is 32.1. The molecule has 0 radical (unpaired) electrons. The van der Waals surface area contributed by atoms with E-state index in [9.17, 15) is 4.79 Å². The average molecular weight is 351 g/mol. The van der Waals surface area contributed by atoms with E-state index in [1.807, 2.05) is 49.4 Å². The van der Waals surface area contributed by atoms with E-state index in [1.165, 1.54) is 0 Å². The largest absolute Gasteiger partial charge is 0.360 e. The zero-order chi connectivity index (χ0) is 17.2. The summed E-state index contributed by atoms with van der Waals surface area (Å²) in [4.78, 5) is 16.9. The van der Waals surface area contributed by atoms with Gasteiger partial charge < -0.3 is 10.6 Å². The van der Waals surface area contributed by atoms with Crippen molar-refractivity contribution >= 4 is 43.5 Å². The van der Waals surface area contributed by atoms with Crippen LogP contribution in [0, 0.1) is 6.92 Å². The number of hydrogen-bond donors (Lipinski definition) is 3. The van der Waals surface area contributed by atoms with E-state index in [-0.39, 0.29) is 5.91 Å². The number of nitrogens with zero attached hydrogens (tertiary/aromatic N) is 2. The number of carbonyl (C=O) groups excluding carboxylic acids is 1. The van der Waals surface area contributed by atoms with E-state index < -0.39 is 0 Å². The lowest BCUT2D eigenvalue weighted by molar-refractivity contribution is 0.0952. The SMILES string of the molecule is Cc1ccc2[nH]nc(C(=O)NCCNc3nc4ccccc4s3)c2c1. The molecule has 2 aromatic heterocycles. The van der Waals surface area contributed by atoms with Crippen molar-refractivity contribution in [2.75, 3.05) is 18.4 Å². The van der Waals surface area contributed by atoms with Crippen LogP contribution in [-0.2, 0) is 0 Å². The van der Waals surface area contributed by atoms with Crippen LogP contribution in [0.25, 0.3) is 21.1 Å². The second kappa shape index (κ2) is 6.52. The number of amides is 1. The van der Waals surface area contributed by atoms with Crippen molar-refractivity contribution in [3.63, 3.8) is 0 Å². The molecule has 7 heteroatoms. The molecule has 6 nitrogen and oxygen atoms in total. The molecule has 0 aliphatic rings. The normalized spacial score (nSPS) is 11.1. The maximum Gasteiger partial charge on any atom is 0.272 e. The van der Waals surface area contributed by atoms with Crippen molar-refractivity contribution in [2.45, 2.75) is 6.92 Å². The van der Waals surface area contributed by atoms with Crippen molar-refractivity contribution in [3.8, 4) is 0 Å². The van der Waals surface area contributed by atoms with E-state index in [0.29, 0.717) is 18.8 Å². The number of hydrogen-bond acceptors (Lipinski definition) is 5. The number of fused-ring (bicyclic) bond motifs is 2. The van der Waals surface area contributed by atoms with Gasteiger partial charge in [0.05, 0.1) is 15.7 Å². The molecule has 1 amide bonds. The first kappa shape index (κ1) is 15.6. The fourth-order valence-electron chi connectivity index (χ4n) is 2.68. The van der Waals surface area contributed by atoms with E-state index in [1.54, 1.807) is 11.3 Å². The minimum absolute atomic E-state index is 0.178. The Morgan fingerprint density at radius 1 is 1.20 bits per heavy atom. The fraction of sp³-hybridized carbons (Fsp3) is 0.167. The Balaban J connectivity index is 1.36. The molecule has 0 atom stereocenters. The summed E-state index contributed by atoms with van der Waals surface area (Å²) in [7, 11) is 0. The van der Waals surface area contributed by atoms with Gasteiger partial charge in [0.15, 0.2) is 10.8 Å². The Morgan fingerprint density at radius 3 is 2.96 bits per heavy atom. The molecule has 2 heterocycles. The maximum atomic E-state index is 12.3. The van der Waals surface area contributed by atoms with Crippen molar-refractivity contribution in [1.82, 2.24) is 20.5 Å². The third kappa shape index (κ3) is 3.18. The molecule has 4 rings (SSSR count). The molecule has 0 unspecified atom stereocenters. The molecular weight excluding hydrogens is 334 g/mol. The number of nitrogens with one attached hydrogen (secondary N) is 3. The van der Waals surface area contributed by atoms with Crippen LogP contribution < -0.4 is 10.6 Å². The minimum Gasteiger partial charge on any atom is -0.360 e. The molecule has 0 aliphatic heterocycles. The van der Waals surface area contributed by atoms with Gasteiger partial charge in [0.2, 0.25) is 0 Å². The number of carbonyl (C=O) groups is 1. The monoisotopic (exact) mass is 351 g/mol. The summed E-state index contributed by atoms with van der Waals surface area (Å²) >= 11 is 1.61. The smallest absolute Gasteiger partial charge is 0.272 e. The minimum atomic E-state index is -0.178. The quantitative estimate of drug-likeness (QED) is 0.482. The third-order valence-corrected chi connectivity index (χ3v) is 4.91. The molecule has 0 bridgehead atoms. The van der Waals surface area contributed by atoms with Gasteiger partial charge in [0, 0.05) is 18.5 Å². The summed E-state index contributed by atoms with van der Waals surface area (Å²) in [6.07, 6.45) is 0. The first-order valence-electron chi connectivity index (χ1n) is 8.03. The molecule has 0 saturated carbocycles. The number of rotatable bonds is 5. The predicted molar refractivity (Wildman–Crippen MR) is 101 cm³/mol. The van der Waals surface area contributed by atoms with Gasteiger partial charge in [-0.1, -0.05) is 35.1 Å². The highest BCUT2D eigenvalue weighted by Crippen LogP contribution is 2.25. The van der Waals surface area contributed by atoms with Crippen LogP contribution >= 0.6 is 11.3 Å². The number of H-pyrrole nitrogens is 1. The molecule has 4 aromatic rings. The van der Waals surface area contributed by atoms with Crippen molar-refractivity contribution in [2.24, 2.45) is 0 Å². The van der Waals surface area contributed by atoms with E-state index in [0.717, 1.165) is 31.8 Å². The Hall–Kier alpha value is -2.93. The standard InChI is InChI=1S/C18H17N5OS/c1-11-6-7-13-12(10-11)16(23-22-13)17(24)19-8-9-20-18-21-14-4-2-3-5-15(14)25-18/h2-7,10H,8-9H2,1H3,(H,19,24)(H,20,21)(H,22,23). The van der Waals surface area contributed by atoms with Crippen LogP contribution in [0.2, 0.25) is 0 Å². The fourth-order valence-corrected chi connectivity index (χ4v) is 3.57. The Labute approximate surface area is 148 Å². The molecule has 126 valence electrons. The lowest BCUT2D eigenvalue weighted by atomic mass is 10.1. The van der Waals surface area contributed by atoms with Gasteiger partial charge in [0.1, 0.15) is 0 Å². The summed E-state index contributed by atoms with van der Waals surface area (Å²) < 4.78 is 1.15. The van der Waals surface area contributed by atoms with Crippen molar-refractivity contribution in [1.29, 1.82) is 0 Å². The maximum absolute atomic E-state index is 12.3. The summed E-state index contributed by atoms with van der Waals surface area (Å²) in [6, 6.07) is 13.9. The topological polar surface area (TPSA) is 82.7 Å². The van der Waals surface area contributed by atoms with Gasteiger partial charge in [-0.25, -0.2) is 4.98 Å². The van der Waals surface area contributed by atoms with Crippen LogP contribution in [0.1, 0.15) is 16.1 Å². The zero-order valence-corrected chi connectivity index (χ0v) is 14.5. The zero-order valence-electron chi connectivity index (χ0n) is 13.7. The summed E-state index contributed by atoms with van der Waals surface area (Å²) in [5.74, 6) is -0.178. The number of para-hydroxylation sites is 1. The van der Waals surface area contributed by atoms with Gasteiger partial charge >= 0.3 is 0 Å². The number of aryl methyl sites for hydroxylation is 1. The highest BCUT2D eigenvalue weighted by molar-refractivity contribution is 7.22. The van der Waals surface area contributed by atoms with E-state index in [2.05, 4.69) is 25.8 Å². The first-order valence-corrected chi connectivity index (χ1v) is 8.85. The molecule has 25 heavy (non-hydrogen) atoms. The van der Waals surface area contributed by atoms with E-state index in [4.69, 9.17) is 0 Å².